The monoisotopic (exact) mass is 406 g/mol. The molecule has 0 aliphatic carbocycles. The summed E-state index contributed by atoms with van der Waals surface area (Å²) in [6, 6.07) is 0. The minimum absolute atomic E-state index is 0.125. The summed E-state index contributed by atoms with van der Waals surface area (Å²) in [5, 5.41) is 46.8. The molecule has 0 saturated heterocycles. The van der Waals surface area contributed by atoms with Crippen LogP contribution in [0.2, 0.25) is 0 Å². The Hall–Kier alpha value is -3.24. The molecule has 0 saturated carbocycles. The quantitative estimate of drug-likeness (QED) is 0.365. The summed E-state index contributed by atoms with van der Waals surface area (Å²) >= 11 is 0. The van der Waals surface area contributed by atoms with Gasteiger partial charge in [0.15, 0.2) is 0 Å². The summed E-state index contributed by atoms with van der Waals surface area (Å²) < 4.78 is 0. The van der Waals surface area contributed by atoms with Crippen LogP contribution in [0.25, 0.3) is 0 Å². The van der Waals surface area contributed by atoms with Crippen LogP contribution in [0.1, 0.15) is 27.7 Å². The summed E-state index contributed by atoms with van der Waals surface area (Å²) in [7, 11) is 0. The third-order valence-corrected chi connectivity index (χ3v) is 1.56. The summed E-state index contributed by atoms with van der Waals surface area (Å²) in [4.78, 5) is 38.4. The molecule has 0 aliphatic heterocycles. The number of hydrogen-bond acceptors (Lipinski definition) is 6. The normalized spacial score (nSPS) is 7.50. The van der Waals surface area contributed by atoms with E-state index in [4.69, 9.17) is 30.6 Å². The molecule has 162 valence electrons. The second-order valence-corrected chi connectivity index (χ2v) is 4.79. The van der Waals surface area contributed by atoms with Gasteiger partial charge in [0.2, 0.25) is 0 Å². The van der Waals surface area contributed by atoms with Crippen molar-refractivity contribution >= 4 is 23.9 Å². The van der Waals surface area contributed by atoms with Gasteiger partial charge in [-0.25, -0.2) is 19.2 Å². The standard InChI is InChI=1S/4C4H6O2.C2H6O2/c4*1-3(2)4(5)6;3-1-2-4/h4*1H2,2H3,(H,5,6);3-4H,1-2H2. The highest BCUT2D eigenvalue weighted by molar-refractivity contribution is 5.85. The Morgan fingerprint density at radius 2 is 0.571 bits per heavy atom. The number of aliphatic hydroxyl groups excluding tert-OH is 2. The van der Waals surface area contributed by atoms with Crippen LogP contribution in [0.5, 0.6) is 0 Å². The van der Waals surface area contributed by atoms with E-state index in [9.17, 15) is 19.2 Å². The molecule has 6 N–H and O–H groups in total. The number of carboxylic acid groups (broad SMARTS) is 4. The molecule has 0 heterocycles. The van der Waals surface area contributed by atoms with Crippen LogP contribution in [0, 0.1) is 0 Å². The SMILES string of the molecule is C=C(C)C(=O)O.C=C(C)C(=O)O.C=C(C)C(=O)O.C=C(C)C(=O)O.OCCO. The third-order valence-electron chi connectivity index (χ3n) is 1.56. The van der Waals surface area contributed by atoms with E-state index in [1.165, 1.54) is 27.7 Å². The molecule has 0 aliphatic rings. The van der Waals surface area contributed by atoms with Gasteiger partial charge < -0.3 is 30.6 Å². The highest BCUT2D eigenvalue weighted by atomic mass is 16.4. The summed E-state index contributed by atoms with van der Waals surface area (Å²) in [5.74, 6) is -3.74. The van der Waals surface area contributed by atoms with Crippen molar-refractivity contribution in [2.45, 2.75) is 27.7 Å². The minimum atomic E-state index is -0.935. The van der Waals surface area contributed by atoms with E-state index in [0.29, 0.717) is 0 Å². The van der Waals surface area contributed by atoms with Crippen LogP contribution in [0.15, 0.2) is 48.6 Å². The highest BCUT2D eigenvalue weighted by Crippen LogP contribution is 1.82. The fourth-order valence-corrected chi connectivity index (χ4v) is 0. The van der Waals surface area contributed by atoms with E-state index in [-0.39, 0.29) is 35.5 Å². The van der Waals surface area contributed by atoms with Gasteiger partial charge in [0.25, 0.3) is 0 Å². The Balaban J connectivity index is -0.0000000793. The maximum Gasteiger partial charge on any atom is 0.330 e. The van der Waals surface area contributed by atoms with Gasteiger partial charge in [0.05, 0.1) is 13.2 Å². The Morgan fingerprint density at radius 3 is 0.571 bits per heavy atom. The molecule has 10 heteroatoms. The predicted molar refractivity (Wildman–Crippen MR) is 104 cm³/mol. The molecule has 0 rings (SSSR count). The van der Waals surface area contributed by atoms with Gasteiger partial charge in [-0.1, -0.05) is 26.3 Å². The van der Waals surface area contributed by atoms with E-state index in [2.05, 4.69) is 26.3 Å². The van der Waals surface area contributed by atoms with Crippen molar-refractivity contribution in [2.75, 3.05) is 13.2 Å². The second kappa shape index (κ2) is 23.8. The van der Waals surface area contributed by atoms with E-state index in [1.807, 2.05) is 0 Å². The molecule has 0 aromatic heterocycles. The maximum atomic E-state index is 9.60. The van der Waals surface area contributed by atoms with Crippen molar-refractivity contribution in [3.63, 3.8) is 0 Å². The molecule has 28 heavy (non-hydrogen) atoms. The first-order valence-electron chi connectivity index (χ1n) is 7.26. The van der Waals surface area contributed by atoms with E-state index in [1.54, 1.807) is 0 Å². The fourth-order valence-electron chi connectivity index (χ4n) is 0. The Bertz CT molecular complexity index is 413. The average molecular weight is 406 g/mol. The van der Waals surface area contributed by atoms with Crippen LogP contribution in [-0.4, -0.2) is 67.7 Å². The topological polar surface area (TPSA) is 190 Å². The first-order chi connectivity index (χ1) is 12.5. The third kappa shape index (κ3) is 56.9. The number of hydrogen-bond donors (Lipinski definition) is 6. The molecule has 0 aromatic carbocycles. The maximum absolute atomic E-state index is 9.60. The van der Waals surface area contributed by atoms with E-state index in [0.717, 1.165) is 0 Å². The first kappa shape index (κ1) is 35.8. The molecule has 0 spiro atoms. The number of aliphatic carboxylic acids is 4. The van der Waals surface area contributed by atoms with Gasteiger partial charge in [-0.2, -0.15) is 0 Å². The number of carbonyl (C=O) groups is 4. The molecule has 0 amide bonds. The van der Waals surface area contributed by atoms with Crippen molar-refractivity contribution in [3.8, 4) is 0 Å². The van der Waals surface area contributed by atoms with Gasteiger partial charge in [-0.3, -0.25) is 0 Å². The lowest BCUT2D eigenvalue weighted by atomic mass is 10.4. The molecular weight excluding hydrogens is 376 g/mol. The molecule has 0 aromatic rings. The van der Waals surface area contributed by atoms with Gasteiger partial charge in [-0.05, 0) is 27.7 Å². The minimum Gasteiger partial charge on any atom is -0.478 e. The van der Waals surface area contributed by atoms with Gasteiger partial charge >= 0.3 is 23.9 Å². The smallest absolute Gasteiger partial charge is 0.330 e. The van der Waals surface area contributed by atoms with E-state index < -0.39 is 23.9 Å². The highest BCUT2D eigenvalue weighted by Gasteiger charge is 1.91. The fraction of sp³-hybridized carbons (Fsp3) is 0.333. The number of carboxylic acids is 4. The Morgan fingerprint density at radius 1 is 0.500 bits per heavy atom. The summed E-state index contributed by atoms with van der Waals surface area (Å²) in [6.07, 6.45) is 0. The Labute approximate surface area is 164 Å². The van der Waals surface area contributed by atoms with Crippen LogP contribution >= 0.6 is 0 Å². The number of rotatable bonds is 5. The zero-order chi connectivity index (χ0) is 24.0. The van der Waals surface area contributed by atoms with Crippen molar-refractivity contribution < 1.29 is 49.8 Å². The van der Waals surface area contributed by atoms with Gasteiger partial charge in [0, 0.05) is 22.3 Å². The molecule has 0 radical (unpaired) electrons. The largest absolute Gasteiger partial charge is 0.478 e. The molecule has 0 unspecified atom stereocenters. The molecule has 10 nitrogen and oxygen atoms in total. The first-order valence-corrected chi connectivity index (χ1v) is 7.26. The zero-order valence-electron chi connectivity index (χ0n) is 16.6. The average Bonchev–Trinajstić information content (AvgIpc) is 2.56. The predicted octanol–water partition coefficient (Wildman–Crippen LogP) is 1.56. The zero-order valence-corrected chi connectivity index (χ0v) is 16.6. The van der Waals surface area contributed by atoms with Crippen molar-refractivity contribution in [3.05, 3.63) is 48.6 Å². The second-order valence-electron chi connectivity index (χ2n) is 4.79. The van der Waals surface area contributed by atoms with Gasteiger partial charge in [-0.15, -0.1) is 0 Å². The Kier molecular flexibility index (Phi) is 30.4. The lowest BCUT2D eigenvalue weighted by Crippen LogP contribution is -1.92. The molecule has 0 atom stereocenters. The summed E-state index contributed by atoms with van der Waals surface area (Å²) in [5.41, 5.74) is 0.704. The molecular formula is C18H30O10. The lowest BCUT2D eigenvalue weighted by Gasteiger charge is -1.79. The summed E-state index contributed by atoms with van der Waals surface area (Å²) in [6.45, 7) is 18.2. The van der Waals surface area contributed by atoms with Crippen LogP contribution < -0.4 is 0 Å². The van der Waals surface area contributed by atoms with Crippen LogP contribution in [-0.2, 0) is 19.2 Å². The van der Waals surface area contributed by atoms with Crippen molar-refractivity contribution in [1.82, 2.24) is 0 Å². The molecule has 0 bridgehead atoms. The van der Waals surface area contributed by atoms with Gasteiger partial charge in [0.1, 0.15) is 0 Å². The van der Waals surface area contributed by atoms with E-state index >= 15 is 0 Å². The van der Waals surface area contributed by atoms with Crippen LogP contribution in [0.3, 0.4) is 0 Å². The van der Waals surface area contributed by atoms with Crippen molar-refractivity contribution in [2.24, 2.45) is 0 Å². The van der Waals surface area contributed by atoms with Crippen LogP contribution in [0.4, 0.5) is 0 Å². The number of aliphatic hydroxyl groups is 2. The molecule has 0 fully saturated rings. The van der Waals surface area contributed by atoms with Crippen molar-refractivity contribution in [1.29, 1.82) is 0 Å². The lowest BCUT2D eigenvalue weighted by molar-refractivity contribution is -0.133.